The number of fused-ring (bicyclic) bond motifs is 1. The first-order chi connectivity index (χ1) is 15.2. The quantitative estimate of drug-likeness (QED) is 0.714. The van der Waals surface area contributed by atoms with Crippen LogP contribution in [0.4, 0.5) is 0 Å². The normalized spacial score (nSPS) is 31.5. The van der Waals surface area contributed by atoms with Crippen LogP contribution in [0, 0.1) is 17.8 Å². The molecule has 168 valence electrons. The molecule has 1 aromatic rings. The standard InChI is InChI=1S/C26H36N2O3/c29-18-23-2-1-12-27(23)13-9-19-3-5-20(6-4-19)24-8-7-22-16-28(17-25(22)24)26(30)21-10-14-31-15-11-21/h3-8,21-25,29H,1-2,9-18H2. The van der Waals surface area contributed by atoms with Crippen molar-refractivity contribution >= 4 is 5.91 Å². The molecule has 0 saturated carbocycles. The van der Waals surface area contributed by atoms with Gasteiger partial charge < -0.3 is 14.7 Å². The van der Waals surface area contributed by atoms with E-state index in [-0.39, 0.29) is 12.5 Å². The zero-order valence-electron chi connectivity index (χ0n) is 18.5. The van der Waals surface area contributed by atoms with Crippen LogP contribution in [0.5, 0.6) is 0 Å². The number of ether oxygens (including phenoxy) is 1. The van der Waals surface area contributed by atoms with Crippen molar-refractivity contribution in [3.63, 3.8) is 0 Å². The molecule has 5 nitrogen and oxygen atoms in total. The summed E-state index contributed by atoms with van der Waals surface area (Å²) in [6.07, 6.45) is 9.84. The lowest BCUT2D eigenvalue weighted by Gasteiger charge is -2.27. The summed E-state index contributed by atoms with van der Waals surface area (Å²) in [5, 5.41) is 9.51. The number of allylic oxidation sites excluding steroid dienone is 1. The average molecular weight is 425 g/mol. The minimum Gasteiger partial charge on any atom is -0.395 e. The maximum Gasteiger partial charge on any atom is 0.225 e. The van der Waals surface area contributed by atoms with Crippen molar-refractivity contribution in [3.8, 4) is 0 Å². The molecular formula is C26H36N2O3. The van der Waals surface area contributed by atoms with Gasteiger partial charge in [-0.15, -0.1) is 0 Å². The van der Waals surface area contributed by atoms with Crippen molar-refractivity contribution in [1.29, 1.82) is 0 Å². The molecule has 1 amide bonds. The molecule has 0 radical (unpaired) electrons. The first-order valence-electron chi connectivity index (χ1n) is 12.2. The highest BCUT2D eigenvalue weighted by Gasteiger charge is 2.42. The van der Waals surface area contributed by atoms with Crippen LogP contribution in [0.25, 0.3) is 0 Å². The molecule has 0 aromatic heterocycles. The number of hydrogen-bond acceptors (Lipinski definition) is 4. The molecule has 5 rings (SSSR count). The molecule has 1 N–H and O–H groups in total. The van der Waals surface area contributed by atoms with Crippen LogP contribution >= 0.6 is 0 Å². The van der Waals surface area contributed by atoms with E-state index in [1.165, 1.54) is 17.5 Å². The molecule has 31 heavy (non-hydrogen) atoms. The SMILES string of the molecule is O=C(C1CCOCC1)N1CC2C=CC(c3ccc(CCN4CCCC4CO)cc3)C2C1. The highest BCUT2D eigenvalue weighted by Crippen LogP contribution is 2.43. The zero-order chi connectivity index (χ0) is 21.2. The Labute approximate surface area is 186 Å². The van der Waals surface area contributed by atoms with E-state index in [1.54, 1.807) is 0 Å². The van der Waals surface area contributed by atoms with Gasteiger partial charge in [0.1, 0.15) is 0 Å². The predicted molar refractivity (Wildman–Crippen MR) is 121 cm³/mol. The topological polar surface area (TPSA) is 53.0 Å². The fraction of sp³-hybridized carbons (Fsp3) is 0.654. The summed E-state index contributed by atoms with van der Waals surface area (Å²) in [6.45, 7) is 5.65. The van der Waals surface area contributed by atoms with Gasteiger partial charge in [0.25, 0.3) is 0 Å². The summed E-state index contributed by atoms with van der Waals surface area (Å²) in [7, 11) is 0. The third-order valence-electron chi connectivity index (χ3n) is 8.08. The summed E-state index contributed by atoms with van der Waals surface area (Å²) in [5.74, 6) is 1.95. The molecule has 3 saturated heterocycles. The Morgan fingerprint density at radius 1 is 1.06 bits per heavy atom. The van der Waals surface area contributed by atoms with E-state index < -0.39 is 0 Å². The summed E-state index contributed by atoms with van der Waals surface area (Å²) >= 11 is 0. The highest BCUT2D eigenvalue weighted by atomic mass is 16.5. The second-order valence-corrected chi connectivity index (χ2v) is 9.87. The van der Waals surface area contributed by atoms with E-state index in [2.05, 4.69) is 46.2 Å². The van der Waals surface area contributed by atoms with E-state index in [1.807, 2.05) is 0 Å². The van der Waals surface area contributed by atoms with Crippen LogP contribution < -0.4 is 0 Å². The Bertz CT molecular complexity index is 786. The van der Waals surface area contributed by atoms with Crippen LogP contribution in [0.2, 0.25) is 0 Å². The molecule has 4 unspecified atom stereocenters. The molecule has 0 bridgehead atoms. The number of aliphatic hydroxyl groups is 1. The Morgan fingerprint density at radius 3 is 2.65 bits per heavy atom. The van der Waals surface area contributed by atoms with E-state index in [0.29, 0.717) is 29.7 Å². The largest absolute Gasteiger partial charge is 0.395 e. The van der Waals surface area contributed by atoms with Gasteiger partial charge in [-0.2, -0.15) is 0 Å². The van der Waals surface area contributed by atoms with Crippen LogP contribution in [-0.2, 0) is 16.0 Å². The van der Waals surface area contributed by atoms with Crippen molar-refractivity contribution in [2.45, 2.75) is 44.1 Å². The minimum absolute atomic E-state index is 0.162. The van der Waals surface area contributed by atoms with Crippen molar-refractivity contribution in [2.75, 3.05) is 46.0 Å². The van der Waals surface area contributed by atoms with Crippen LogP contribution in [-0.4, -0.2) is 72.9 Å². The fourth-order valence-electron chi connectivity index (χ4n) is 6.16. The third kappa shape index (κ3) is 4.46. The van der Waals surface area contributed by atoms with Crippen LogP contribution in [0.1, 0.15) is 42.7 Å². The predicted octanol–water partition coefficient (Wildman–Crippen LogP) is 2.84. The number of carbonyl (C=O) groups is 1. The highest BCUT2D eigenvalue weighted by molar-refractivity contribution is 5.79. The van der Waals surface area contributed by atoms with Crippen molar-refractivity contribution in [2.24, 2.45) is 17.8 Å². The summed E-state index contributed by atoms with van der Waals surface area (Å²) in [4.78, 5) is 17.5. The Hall–Kier alpha value is -1.69. The van der Waals surface area contributed by atoms with Gasteiger partial charge in [-0.1, -0.05) is 36.4 Å². The Kier molecular flexibility index (Phi) is 6.44. The Balaban J connectivity index is 1.17. The lowest BCUT2D eigenvalue weighted by Crippen LogP contribution is -2.37. The van der Waals surface area contributed by atoms with Gasteiger partial charge in [-0.05, 0) is 61.6 Å². The number of likely N-dealkylation sites (tertiary alicyclic amines) is 2. The number of amides is 1. The third-order valence-corrected chi connectivity index (χ3v) is 8.08. The van der Waals surface area contributed by atoms with Gasteiger partial charge in [0.05, 0.1) is 6.61 Å². The summed E-state index contributed by atoms with van der Waals surface area (Å²) < 4.78 is 5.43. The maximum atomic E-state index is 13.0. The lowest BCUT2D eigenvalue weighted by atomic mass is 9.85. The molecule has 3 aliphatic heterocycles. The molecule has 3 fully saturated rings. The van der Waals surface area contributed by atoms with E-state index in [9.17, 15) is 9.90 Å². The molecule has 5 heteroatoms. The molecule has 3 heterocycles. The van der Waals surface area contributed by atoms with E-state index >= 15 is 0 Å². The monoisotopic (exact) mass is 424 g/mol. The van der Waals surface area contributed by atoms with Gasteiger partial charge in [0.15, 0.2) is 0 Å². The van der Waals surface area contributed by atoms with E-state index in [4.69, 9.17) is 4.74 Å². The molecule has 4 atom stereocenters. The van der Waals surface area contributed by atoms with Gasteiger partial charge in [0.2, 0.25) is 5.91 Å². The number of aliphatic hydroxyl groups excluding tert-OH is 1. The minimum atomic E-state index is 0.162. The second-order valence-electron chi connectivity index (χ2n) is 9.87. The summed E-state index contributed by atoms with van der Waals surface area (Å²) in [5.41, 5.74) is 2.75. The molecule has 0 spiro atoms. The number of rotatable bonds is 6. The zero-order valence-corrected chi connectivity index (χ0v) is 18.5. The molecular weight excluding hydrogens is 388 g/mol. The van der Waals surface area contributed by atoms with Gasteiger partial charge in [-0.25, -0.2) is 0 Å². The van der Waals surface area contributed by atoms with Gasteiger partial charge >= 0.3 is 0 Å². The maximum absolute atomic E-state index is 13.0. The van der Waals surface area contributed by atoms with Gasteiger partial charge in [0, 0.05) is 50.7 Å². The lowest BCUT2D eigenvalue weighted by molar-refractivity contribution is -0.137. The van der Waals surface area contributed by atoms with Crippen molar-refractivity contribution in [1.82, 2.24) is 9.80 Å². The summed E-state index contributed by atoms with van der Waals surface area (Å²) in [6, 6.07) is 9.50. The van der Waals surface area contributed by atoms with Crippen LogP contribution in [0.15, 0.2) is 36.4 Å². The smallest absolute Gasteiger partial charge is 0.225 e. The molecule has 1 aromatic carbocycles. The first-order valence-corrected chi connectivity index (χ1v) is 12.2. The first kappa shape index (κ1) is 21.2. The van der Waals surface area contributed by atoms with Crippen LogP contribution in [0.3, 0.4) is 0 Å². The Morgan fingerprint density at radius 2 is 1.87 bits per heavy atom. The molecule has 4 aliphatic rings. The fourth-order valence-corrected chi connectivity index (χ4v) is 6.16. The number of nitrogens with zero attached hydrogens (tertiary/aromatic N) is 2. The number of hydrogen-bond donors (Lipinski definition) is 1. The number of carbonyl (C=O) groups excluding carboxylic acids is 1. The second kappa shape index (κ2) is 9.43. The average Bonchev–Trinajstić information content (AvgIpc) is 3.54. The molecule has 1 aliphatic carbocycles. The van der Waals surface area contributed by atoms with Crippen molar-refractivity contribution in [3.05, 3.63) is 47.5 Å². The van der Waals surface area contributed by atoms with Gasteiger partial charge in [-0.3, -0.25) is 9.69 Å². The van der Waals surface area contributed by atoms with E-state index in [0.717, 1.165) is 65.1 Å². The number of benzene rings is 1. The van der Waals surface area contributed by atoms with Crippen molar-refractivity contribution < 1.29 is 14.6 Å².